The Bertz CT molecular complexity index is 328. The molecule has 1 unspecified atom stereocenters. The number of rotatable bonds is 3. The molecule has 1 aromatic carbocycles. The Morgan fingerprint density at radius 1 is 1.57 bits per heavy atom. The van der Waals surface area contributed by atoms with Crippen molar-refractivity contribution < 1.29 is 9.13 Å². The lowest BCUT2D eigenvalue weighted by atomic mass is 10.1. The van der Waals surface area contributed by atoms with Gasteiger partial charge in [0, 0.05) is 6.04 Å². The molecule has 0 radical (unpaired) electrons. The number of methoxy groups -OCH3 is 1. The predicted molar refractivity (Wildman–Crippen MR) is 58.0 cm³/mol. The van der Waals surface area contributed by atoms with Gasteiger partial charge in [-0.2, -0.15) is 0 Å². The van der Waals surface area contributed by atoms with Crippen LogP contribution in [-0.4, -0.2) is 13.2 Å². The number of hydrogen-bond donors (Lipinski definition) is 1. The van der Waals surface area contributed by atoms with Crippen molar-refractivity contribution in [2.45, 2.75) is 19.4 Å². The van der Waals surface area contributed by atoms with Gasteiger partial charge >= 0.3 is 0 Å². The van der Waals surface area contributed by atoms with Crippen molar-refractivity contribution in [1.29, 1.82) is 0 Å². The highest BCUT2D eigenvalue weighted by Crippen LogP contribution is 2.30. The predicted octanol–water partition coefficient (Wildman–Crippen LogP) is 2.49. The molecule has 0 spiro atoms. The first-order valence-electron chi connectivity index (χ1n) is 4.32. The number of nitrogens with two attached hydrogens (primary N) is 1. The van der Waals surface area contributed by atoms with Gasteiger partial charge in [-0.3, -0.25) is 0 Å². The van der Waals surface area contributed by atoms with E-state index in [1.807, 2.05) is 6.92 Å². The van der Waals surface area contributed by atoms with E-state index in [0.717, 1.165) is 5.56 Å². The summed E-state index contributed by atoms with van der Waals surface area (Å²) in [6.45, 7) is 1.87. The van der Waals surface area contributed by atoms with Crippen LogP contribution in [-0.2, 0) is 6.42 Å². The Morgan fingerprint density at radius 3 is 2.71 bits per heavy atom. The third-order valence-corrected chi connectivity index (χ3v) is 2.42. The van der Waals surface area contributed by atoms with E-state index in [0.29, 0.717) is 16.6 Å². The minimum atomic E-state index is -0.284. The molecule has 4 heteroatoms. The zero-order valence-electron chi connectivity index (χ0n) is 8.18. The highest BCUT2D eigenvalue weighted by atomic mass is 79.9. The monoisotopic (exact) mass is 261 g/mol. The summed E-state index contributed by atoms with van der Waals surface area (Å²) in [5.74, 6) is 0.372. The standard InChI is InChI=1S/C10H13BrFNO/c1-6(13)3-7-4-8(12)5-9(11)10(7)14-2/h4-6H,3,13H2,1-2H3. The number of halogens is 2. The van der Waals surface area contributed by atoms with Crippen molar-refractivity contribution in [2.24, 2.45) is 5.73 Å². The van der Waals surface area contributed by atoms with Crippen LogP contribution < -0.4 is 10.5 Å². The molecule has 0 heterocycles. The van der Waals surface area contributed by atoms with E-state index < -0.39 is 0 Å². The average Bonchev–Trinajstić information content (AvgIpc) is 2.01. The molecule has 0 aliphatic rings. The molecule has 0 fully saturated rings. The van der Waals surface area contributed by atoms with Crippen LogP contribution in [0.3, 0.4) is 0 Å². The van der Waals surface area contributed by atoms with E-state index in [-0.39, 0.29) is 11.9 Å². The molecular formula is C10H13BrFNO. The van der Waals surface area contributed by atoms with E-state index in [1.54, 1.807) is 7.11 Å². The molecule has 2 N–H and O–H groups in total. The van der Waals surface area contributed by atoms with Crippen molar-refractivity contribution in [1.82, 2.24) is 0 Å². The summed E-state index contributed by atoms with van der Waals surface area (Å²) < 4.78 is 18.9. The van der Waals surface area contributed by atoms with Gasteiger partial charge in [0.1, 0.15) is 11.6 Å². The molecular weight excluding hydrogens is 249 g/mol. The Hall–Kier alpha value is -0.610. The molecule has 78 valence electrons. The molecule has 0 aromatic heterocycles. The van der Waals surface area contributed by atoms with E-state index in [4.69, 9.17) is 10.5 Å². The van der Waals surface area contributed by atoms with Gasteiger partial charge in [0.25, 0.3) is 0 Å². The normalized spacial score (nSPS) is 12.6. The van der Waals surface area contributed by atoms with Crippen LogP contribution >= 0.6 is 15.9 Å². The third-order valence-electron chi connectivity index (χ3n) is 1.83. The summed E-state index contributed by atoms with van der Waals surface area (Å²) in [4.78, 5) is 0. The Morgan fingerprint density at radius 2 is 2.21 bits per heavy atom. The van der Waals surface area contributed by atoms with Gasteiger partial charge in [0.05, 0.1) is 11.6 Å². The van der Waals surface area contributed by atoms with Gasteiger partial charge < -0.3 is 10.5 Å². The molecule has 1 aromatic rings. The van der Waals surface area contributed by atoms with Crippen LogP contribution in [0, 0.1) is 5.82 Å². The van der Waals surface area contributed by atoms with Crippen LogP contribution in [0.4, 0.5) is 4.39 Å². The molecule has 0 amide bonds. The first kappa shape index (κ1) is 11.5. The van der Waals surface area contributed by atoms with Gasteiger partial charge in [-0.05, 0) is 47.0 Å². The van der Waals surface area contributed by atoms with Gasteiger partial charge in [-0.1, -0.05) is 0 Å². The molecule has 0 aliphatic heterocycles. The summed E-state index contributed by atoms with van der Waals surface area (Å²) >= 11 is 3.24. The van der Waals surface area contributed by atoms with Crippen molar-refractivity contribution in [2.75, 3.05) is 7.11 Å². The summed E-state index contributed by atoms with van der Waals surface area (Å²) in [7, 11) is 1.56. The van der Waals surface area contributed by atoms with Crippen LogP contribution in [0.1, 0.15) is 12.5 Å². The SMILES string of the molecule is COc1c(Br)cc(F)cc1CC(C)N. The number of ether oxygens (including phenoxy) is 1. The van der Waals surface area contributed by atoms with Gasteiger partial charge in [-0.25, -0.2) is 4.39 Å². The summed E-state index contributed by atoms with van der Waals surface area (Å²) in [6.07, 6.45) is 0.597. The van der Waals surface area contributed by atoms with Crippen LogP contribution in [0.5, 0.6) is 5.75 Å². The second kappa shape index (κ2) is 4.75. The lowest BCUT2D eigenvalue weighted by molar-refractivity contribution is 0.404. The minimum absolute atomic E-state index is 0.0161. The summed E-state index contributed by atoms with van der Waals surface area (Å²) in [5, 5.41) is 0. The third kappa shape index (κ3) is 2.69. The van der Waals surface area contributed by atoms with Crippen LogP contribution in [0.2, 0.25) is 0 Å². The Kier molecular flexibility index (Phi) is 3.89. The second-order valence-corrected chi connectivity index (χ2v) is 4.12. The minimum Gasteiger partial charge on any atom is -0.495 e. The lowest BCUT2D eigenvalue weighted by Gasteiger charge is -2.12. The zero-order valence-corrected chi connectivity index (χ0v) is 9.77. The lowest BCUT2D eigenvalue weighted by Crippen LogP contribution is -2.18. The molecule has 0 saturated heterocycles. The van der Waals surface area contributed by atoms with E-state index in [9.17, 15) is 4.39 Å². The fraction of sp³-hybridized carbons (Fsp3) is 0.400. The number of hydrogen-bond acceptors (Lipinski definition) is 2. The average molecular weight is 262 g/mol. The van der Waals surface area contributed by atoms with E-state index in [2.05, 4.69) is 15.9 Å². The number of benzene rings is 1. The molecule has 0 aliphatic carbocycles. The van der Waals surface area contributed by atoms with Crippen molar-refractivity contribution in [3.8, 4) is 5.75 Å². The van der Waals surface area contributed by atoms with Gasteiger partial charge in [0.15, 0.2) is 0 Å². The highest BCUT2D eigenvalue weighted by molar-refractivity contribution is 9.10. The first-order chi connectivity index (χ1) is 6.54. The molecule has 14 heavy (non-hydrogen) atoms. The first-order valence-corrected chi connectivity index (χ1v) is 5.11. The quantitative estimate of drug-likeness (QED) is 0.908. The van der Waals surface area contributed by atoms with E-state index >= 15 is 0 Å². The van der Waals surface area contributed by atoms with Crippen molar-refractivity contribution >= 4 is 15.9 Å². The highest BCUT2D eigenvalue weighted by Gasteiger charge is 2.11. The van der Waals surface area contributed by atoms with Crippen LogP contribution in [0.25, 0.3) is 0 Å². The molecule has 2 nitrogen and oxygen atoms in total. The molecule has 0 saturated carbocycles. The van der Waals surface area contributed by atoms with Gasteiger partial charge in [0.2, 0.25) is 0 Å². The molecule has 1 atom stereocenters. The largest absolute Gasteiger partial charge is 0.495 e. The van der Waals surface area contributed by atoms with E-state index in [1.165, 1.54) is 12.1 Å². The zero-order chi connectivity index (χ0) is 10.7. The maximum atomic E-state index is 13.1. The summed E-state index contributed by atoms with van der Waals surface area (Å²) in [5.41, 5.74) is 6.44. The molecule has 1 rings (SSSR count). The van der Waals surface area contributed by atoms with Crippen LogP contribution in [0.15, 0.2) is 16.6 Å². The molecule has 0 bridgehead atoms. The summed E-state index contributed by atoms with van der Waals surface area (Å²) in [6, 6.07) is 2.81. The van der Waals surface area contributed by atoms with Crippen molar-refractivity contribution in [3.05, 3.63) is 28.0 Å². The topological polar surface area (TPSA) is 35.2 Å². The van der Waals surface area contributed by atoms with Gasteiger partial charge in [-0.15, -0.1) is 0 Å². The maximum Gasteiger partial charge on any atom is 0.136 e. The smallest absolute Gasteiger partial charge is 0.136 e. The maximum absolute atomic E-state index is 13.1. The fourth-order valence-electron chi connectivity index (χ4n) is 1.34. The fourth-order valence-corrected chi connectivity index (χ4v) is 1.98. The Labute approximate surface area is 91.4 Å². The Balaban J connectivity index is 3.11. The van der Waals surface area contributed by atoms with Crippen molar-refractivity contribution in [3.63, 3.8) is 0 Å². The second-order valence-electron chi connectivity index (χ2n) is 3.26.